The van der Waals surface area contributed by atoms with Crippen molar-refractivity contribution in [3.63, 3.8) is 0 Å². The molecule has 0 aromatic heterocycles. The quantitative estimate of drug-likeness (QED) is 0.0261. The van der Waals surface area contributed by atoms with Crippen molar-refractivity contribution in [1.82, 2.24) is 0 Å². The Labute approximate surface area is 481 Å². The van der Waals surface area contributed by atoms with Crippen LogP contribution in [0.3, 0.4) is 0 Å². The molecule has 1 unspecified atom stereocenters. The average Bonchev–Trinajstić information content (AvgIpc) is 3.43. The van der Waals surface area contributed by atoms with E-state index < -0.39 is 6.10 Å². The van der Waals surface area contributed by atoms with Gasteiger partial charge < -0.3 is 14.2 Å². The SMILES string of the molecule is CCCCCCCCCC/C=C\CCCCCCCCCCCCCC(=O)OCC(COC(=O)CCCCCCCCCCCCCCCCC)OC(=O)CCCCCCCCCCCCCCCCCCCCCCC. The molecule has 6 heteroatoms. The van der Waals surface area contributed by atoms with Crippen molar-refractivity contribution in [1.29, 1.82) is 0 Å². The summed E-state index contributed by atoms with van der Waals surface area (Å²) in [6.45, 7) is 6.73. The minimum Gasteiger partial charge on any atom is -0.462 e. The van der Waals surface area contributed by atoms with Crippen LogP contribution in [0, 0.1) is 0 Å². The standard InChI is InChI=1S/C71H136O6/c1-4-7-10-13-16-19-22-25-28-30-32-34-35-37-38-40-43-46-49-52-55-58-61-64-70(73)76-67-68(66-75-69(72)63-60-57-54-51-48-45-42-27-24-21-18-15-12-9-6-3)77-71(74)65-62-59-56-53-50-47-44-41-39-36-33-31-29-26-23-20-17-14-11-8-5-2/h30,32,68H,4-29,31,33-67H2,1-3H3/b32-30-. The third-order valence-corrected chi connectivity index (χ3v) is 16.3. The Morgan fingerprint density at radius 3 is 0.649 bits per heavy atom. The summed E-state index contributed by atoms with van der Waals surface area (Å²) >= 11 is 0. The van der Waals surface area contributed by atoms with E-state index in [4.69, 9.17) is 14.2 Å². The van der Waals surface area contributed by atoms with Crippen LogP contribution in [-0.4, -0.2) is 37.2 Å². The van der Waals surface area contributed by atoms with Gasteiger partial charge in [0.2, 0.25) is 0 Å². The van der Waals surface area contributed by atoms with Crippen LogP contribution < -0.4 is 0 Å². The van der Waals surface area contributed by atoms with Crippen molar-refractivity contribution >= 4 is 17.9 Å². The van der Waals surface area contributed by atoms with E-state index >= 15 is 0 Å². The number of unbranched alkanes of at least 4 members (excludes halogenated alkanes) is 53. The molecule has 0 heterocycles. The van der Waals surface area contributed by atoms with E-state index in [0.717, 1.165) is 57.8 Å². The number of hydrogen-bond donors (Lipinski definition) is 0. The van der Waals surface area contributed by atoms with Gasteiger partial charge in [0.1, 0.15) is 13.2 Å². The van der Waals surface area contributed by atoms with Crippen LogP contribution in [0.4, 0.5) is 0 Å². The largest absolute Gasteiger partial charge is 0.462 e. The highest BCUT2D eigenvalue weighted by Crippen LogP contribution is 2.19. The lowest BCUT2D eigenvalue weighted by Crippen LogP contribution is -2.30. The van der Waals surface area contributed by atoms with E-state index in [9.17, 15) is 14.4 Å². The van der Waals surface area contributed by atoms with Crippen molar-refractivity contribution in [3.05, 3.63) is 12.2 Å². The van der Waals surface area contributed by atoms with E-state index in [2.05, 4.69) is 32.9 Å². The number of allylic oxidation sites excluding steroid dienone is 2. The highest BCUT2D eigenvalue weighted by atomic mass is 16.6. The Morgan fingerprint density at radius 1 is 0.247 bits per heavy atom. The molecule has 0 radical (unpaired) electrons. The van der Waals surface area contributed by atoms with Gasteiger partial charge >= 0.3 is 17.9 Å². The summed E-state index contributed by atoms with van der Waals surface area (Å²) in [4.78, 5) is 38.4. The van der Waals surface area contributed by atoms with Crippen LogP contribution >= 0.6 is 0 Å². The van der Waals surface area contributed by atoms with Gasteiger partial charge in [0.25, 0.3) is 0 Å². The molecule has 0 saturated carbocycles. The van der Waals surface area contributed by atoms with Crippen LogP contribution in [0.2, 0.25) is 0 Å². The lowest BCUT2D eigenvalue weighted by atomic mass is 10.0. The third-order valence-electron chi connectivity index (χ3n) is 16.3. The normalized spacial score (nSPS) is 12.0. The highest BCUT2D eigenvalue weighted by Gasteiger charge is 2.19. The first-order valence-electron chi connectivity index (χ1n) is 35.2. The minimum atomic E-state index is -0.766. The third kappa shape index (κ3) is 64.9. The van der Waals surface area contributed by atoms with Crippen LogP contribution in [0.5, 0.6) is 0 Å². The maximum absolute atomic E-state index is 13.0. The summed E-state index contributed by atoms with van der Waals surface area (Å²) in [7, 11) is 0. The molecular weight excluding hydrogens is 949 g/mol. The number of ether oxygens (including phenoxy) is 3. The molecule has 0 bridgehead atoms. The fraction of sp³-hybridized carbons (Fsp3) is 0.930. The molecule has 0 saturated heterocycles. The van der Waals surface area contributed by atoms with Crippen LogP contribution in [0.1, 0.15) is 406 Å². The smallest absolute Gasteiger partial charge is 0.306 e. The van der Waals surface area contributed by atoms with E-state index in [1.165, 1.54) is 308 Å². The van der Waals surface area contributed by atoms with Crippen LogP contribution in [0.25, 0.3) is 0 Å². The molecule has 0 aromatic rings. The predicted octanol–water partition coefficient (Wildman–Crippen LogP) is 24.0. The molecule has 0 amide bonds. The number of hydrogen-bond acceptors (Lipinski definition) is 6. The summed E-state index contributed by atoms with van der Waals surface area (Å²) in [5.74, 6) is -0.827. The van der Waals surface area contributed by atoms with Crippen molar-refractivity contribution in [2.24, 2.45) is 0 Å². The monoisotopic (exact) mass is 1090 g/mol. The van der Waals surface area contributed by atoms with Gasteiger partial charge in [-0.25, -0.2) is 0 Å². The molecule has 0 fully saturated rings. The lowest BCUT2D eigenvalue weighted by Gasteiger charge is -2.18. The minimum absolute atomic E-state index is 0.0628. The van der Waals surface area contributed by atoms with Gasteiger partial charge in [-0.2, -0.15) is 0 Å². The molecule has 0 rings (SSSR count). The number of carbonyl (C=O) groups excluding carboxylic acids is 3. The zero-order valence-electron chi connectivity index (χ0n) is 52.5. The Balaban J connectivity index is 4.25. The molecular formula is C71H136O6. The van der Waals surface area contributed by atoms with E-state index in [-0.39, 0.29) is 31.1 Å². The van der Waals surface area contributed by atoms with Gasteiger partial charge in [0.05, 0.1) is 0 Å². The second kappa shape index (κ2) is 66.7. The molecule has 0 N–H and O–H groups in total. The molecule has 0 aromatic carbocycles. The summed E-state index contributed by atoms with van der Waals surface area (Å²) in [6, 6.07) is 0. The van der Waals surface area contributed by atoms with Gasteiger partial charge in [-0.1, -0.05) is 354 Å². The molecule has 456 valence electrons. The van der Waals surface area contributed by atoms with Gasteiger partial charge in [-0.15, -0.1) is 0 Å². The Hall–Kier alpha value is -1.85. The van der Waals surface area contributed by atoms with Gasteiger partial charge in [-0.3, -0.25) is 14.4 Å². The van der Waals surface area contributed by atoms with Crippen molar-refractivity contribution < 1.29 is 28.6 Å². The zero-order valence-corrected chi connectivity index (χ0v) is 52.5. The summed E-state index contributed by atoms with van der Waals surface area (Å²) in [5.41, 5.74) is 0. The number of rotatable bonds is 66. The second-order valence-corrected chi connectivity index (χ2v) is 24.2. The zero-order chi connectivity index (χ0) is 55.7. The Kier molecular flexibility index (Phi) is 65.1. The Morgan fingerprint density at radius 2 is 0.429 bits per heavy atom. The number of carbonyl (C=O) groups is 3. The second-order valence-electron chi connectivity index (χ2n) is 24.2. The molecule has 0 aliphatic rings. The van der Waals surface area contributed by atoms with Gasteiger partial charge in [0, 0.05) is 19.3 Å². The molecule has 0 spiro atoms. The average molecular weight is 1090 g/mol. The first-order valence-corrected chi connectivity index (χ1v) is 35.2. The summed E-state index contributed by atoms with van der Waals surface area (Å²) in [5, 5.41) is 0. The molecule has 0 aliphatic heterocycles. The first kappa shape index (κ1) is 75.2. The molecule has 1 atom stereocenters. The van der Waals surface area contributed by atoms with Gasteiger partial charge in [0.15, 0.2) is 6.10 Å². The molecule has 6 nitrogen and oxygen atoms in total. The maximum atomic E-state index is 13.0. The maximum Gasteiger partial charge on any atom is 0.306 e. The van der Waals surface area contributed by atoms with Crippen LogP contribution in [-0.2, 0) is 28.6 Å². The molecule has 0 aliphatic carbocycles. The topological polar surface area (TPSA) is 78.9 Å². The van der Waals surface area contributed by atoms with E-state index in [1.807, 2.05) is 0 Å². The van der Waals surface area contributed by atoms with Crippen molar-refractivity contribution in [3.8, 4) is 0 Å². The van der Waals surface area contributed by atoms with E-state index in [1.54, 1.807) is 0 Å². The summed E-state index contributed by atoms with van der Waals surface area (Å²) in [6.07, 6.45) is 79.5. The fourth-order valence-corrected chi connectivity index (χ4v) is 11.0. The molecule has 77 heavy (non-hydrogen) atoms. The fourth-order valence-electron chi connectivity index (χ4n) is 11.0. The first-order chi connectivity index (χ1) is 38.0. The van der Waals surface area contributed by atoms with Crippen LogP contribution in [0.15, 0.2) is 12.2 Å². The lowest BCUT2D eigenvalue weighted by molar-refractivity contribution is -0.167. The van der Waals surface area contributed by atoms with Gasteiger partial charge in [-0.05, 0) is 44.9 Å². The van der Waals surface area contributed by atoms with Crippen molar-refractivity contribution in [2.45, 2.75) is 412 Å². The van der Waals surface area contributed by atoms with Crippen molar-refractivity contribution in [2.75, 3.05) is 13.2 Å². The highest BCUT2D eigenvalue weighted by molar-refractivity contribution is 5.71. The predicted molar refractivity (Wildman–Crippen MR) is 335 cm³/mol. The Bertz CT molecular complexity index is 1200. The summed E-state index contributed by atoms with van der Waals surface area (Å²) < 4.78 is 17.0. The van der Waals surface area contributed by atoms with E-state index in [0.29, 0.717) is 19.3 Å². The number of esters is 3.